The fraction of sp³-hybridized carbons (Fsp3) is 0.560. The topological polar surface area (TPSA) is 87.7 Å². The van der Waals surface area contributed by atoms with Crippen molar-refractivity contribution < 1.29 is 19.1 Å². The molecule has 6 rings (SSSR count). The second-order valence-corrected chi connectivity index (χ2v) is 10.5. The van der Waals surface area contributed by atoms with Gasteiger partial charge in [0.15, 0.2) is 0 Å². The zero-order valence-corrected chi connectivity index (χ0v) is 19.1. The lowest BCUT2D eigenvalue weighted by Crippen LogP contribution is -2.57. The van der Waals surface area contributed by atoms with Crippen molar-refractivity contribution in [2.75, 3.05) is 5.32 Å². The minimum atomic E-state index is -1.08. The number of hydrogen-bond donors (Lipinski definition) is 2. The van der Waals surface area contributed by atoms with Crippen LogP contribution in [0.3, 0.4) is 0 Å². The van der Waals surface area contributed by atoms with E-state index in [2.05, 4.69) is 10.6 Å². The van der Waals surface area contributed by atoms with Crippen molar-refractivity contribution in [3.8, 4) is 0 Å². The number of nitrogens with one attached hydrogen (secondary N) is 2. The number of benzene rings is 1. The van der Waals surface area contributed by atoms with Crippen LogP contribution in [0.1, 0.15) is 44.9 Å². The number of nitrogens with zero attached hydrogens (tertiary/aromatic N) is 1. The van der Waals surface area contributed by atoms with Gasteiger partial charge in [0.25, 0.3) is 0 Å². The van der Waals surface area contributed by atoms with Crippen LogP contribution in [-0.2, 0) is 19.1 Å². The third kappa shape index (κ3) is 3.39. The molecule has 3 amide bonds. The Kier molecular flexibility index (Phi) is 5.03. The Morgan fingerprint density at radius 1 is 1.03 bits per heavy atom. The summed E-state index contributed by atoms with van der Waals surface area (Å²) in [7, 11) is 0. The van der Waals surface area contributed by atoms with E-state index in [0.717, 1.165) is 38.5 Å². The molecule has 33 heavy (non-hydrogen) atoms. The Morgan fingerprint density at radius 3 is 2.45 bits per heavy atom. The third-order valence-corrected chi connectivity index (χ3v) is 8.12. The zero-order valence-electron chi connectivity index (χ0n) is 18.3. The van der Waals surface area contributed by atoms with Gasteiger partial charge >= 0.3 is 0 Å². The lowest BCUT2D eigenvalue weighted by Gasteiger charge is -2.34. The molecule has 3 aliphatic heterocycles. The molecule has 5 atom stereocenters. The van der Waals surface area contributed by atoms with E-state index in [-0.39, 0.29) is 29.8 Å². The molecule has 2 saturated carbocycles. The van der Waals surface area contributed by atoms with Crippen molar-refractivity contribution in [3.63, 3.8) is 0 Å². The molecule has 3 heterocycles. The monoisotopic (exact) mass is 469 g/mol. The molecule has 0 aromatic heterocycles. The molecule has 1 aromatic rings. The molecule has 1 spiro atoms. The first kappa shape index (κ1) is 21.2. The van der Waals surface area contributed by atoms with Gasteiger partial charge in [0.2, 0.25) is 17.7 Å². The molecule has 2 aliphatic carbocycles. The molecular weight excluding hydrogens is 442 g/mol. The molecule has 0 radical (unpaired) electrons. The van der Waals surface area contributed by atoms with Crippen LogP contribution in [0.15, 0.2) is 36.4 Å². The molecule has 2 N–H and O–H groups in total. The Balaban J connectivity index is 1.29. The lowest BCUT2D eigenvalue weighted by atomic mass is 9.74. The highest BCUT2D eigenvalue weighted by atomic mass is 35.5. The number of hydrogen-bond acceptors (Lipinski definition) is 4. The van der Waals surface area contributed by atoms with E-state index in [1.54, 1.807) is 29.2 Å². The second kappa shape index (κ2) is 7.84. The standard InChI is InChI=1S/C25H28ClN3O4/c26-14-6-8-16(9-7-14)27-22(30)19-18-12-13-25(33-18)20(19)24(32)29(17-10-11-17)21(25)23(31)28-15-4-2-1-3-5-15/h6-9,12-13,15,17-21H,1-5,10-11H2,(H,27,30)(H,28,31)/t18-,19-,20-,21+,25-/m1/s1. The summed E-state index contributed by atoms with van der Waals surface area (Å²) in [6, 6.07) is 6.34. The summed E-state index contributed by atoms with van der Waals surface area (Å²) in [5.74, 6) is -1.91. The van der Waals surface area contributed by atoms with Gasteiger partial charge in [-0.15, -0.1) is 0 Å². The van der Waals surface area contributed by atoms with Crippen LogP contribution in [0.25, 0.3) is 0 Å². The quantitative estimate of drug-likeness (QED) is 0.649. The predicted molar refractivity (Wildman–Crippen MR) is 122 cm³/mol. The molecule has 0 unspecified atom stereocenters. The van der Waals surface area contributed by atoms with E-state index in [1.165, 1.54) is 6.42 Å². The van der Waals surface area contributed by atoms with Crippen LogP contribution in [0, 0.1) is 11.8 Å². The van der Waals surface area contributed by atoms with Gasteiger partial charge in [-0.3, -0.25) is 14.4 Å². The summed E-state index contributed by atoms with van der Waals surface area (Å²) < 4.78 is 6.36. The van der Waals surface area contributed by atoms with E-state index < -0.39 is 29.6 Å². The van der Waals surface area contributed by atoms with Crippen molar-refractivity contribution in [2.45, 2.75) is 74.8 Å². The van der Waals surface area contributed by atoms with E-state index >= 15 is 0 Å². The minimum Gasteiger partial charge on any atom is -0.359 e. The van der Waals surface area contributed by atoms with Gasteiger partial charge in [-0.05, 0) is 49.9 Å². The molecule has 7 nitrogen and oxygen atoms in total. The molecule has 174 valence electrons. The van der Waals surface area contributed by atoms with E-state index in [9.17, 15) is 14.4 Å². The van der Waals surface area contributed by atoms with Crippen molar-refractivity contribution >= 4 is 35.0 Å². The molecule has 2 saturated heterocycles. The van der Waals surface area contributed by atoms with Crippen molar-refractivity contribution in [3.05, 3.63) is 41.4 Å². The first-order valence-corrected chi connectivity index (χ1v) is 12.4. The number of rotatable bonds is 5. The maximum absolute atomic E-state index is 13.7. The van der Waals surface area contributed by atoms with Crippen LogP contribution in [0.2, 0.25) is 5.02 Å². The largest absolute Gasteiger partial charge is 0.359 e. The Labute approximate surface area is 197 Å². The van der Waals surface area contributed by atoms with Crippen LogP contribution in [-0.4, -0.2) is 52.5 Å². The number of halogens is 1. The first-order chi connectivity index (χ1) is 16.0. The van der Waals surface area contributed by atoms with Gasteiger partial charge in [-0.25, -0.2) is 0 Å². The summed E-state index contributed by atoms with van der Waals surface area (Å²) in [4.78, 5) is 42.4. The third-order valence-electron chi connectivity index (χ3n) is 7.87. The van der Waals surface area contributed by atoms with Crippen LogP contribution >= 0.6 is 11.6 Å². The minimum absolute atomic E-state index is 0.0515. The average molecular weight is 470 g/mol. The van der Waals surface area contributed by atoms with E-state index in [1.807, 2.05) is 12.2 Å². The number of carbonyl (C=O) groups is 3. The van der Waals surface area contributed by atoms with Gasteiger partial charge < -0.3 is 20.3 Å². The van der Waals surface area contributed by atoms with Crippen LogP contribution in [0.5, 0.6) is 0 Å². The second-order valence-electron chi connectivity index (χ2n) is 10.0. The molecule has 8 heteroatoms. The molecule has 1 aromatic carbocycles. The Bertz CT molecular complexity index is 1020. The highest BCUT2D eigenvalue weighted by Crippen LogP contribution is 2.57. The normalized spacial score (nSPS) is 35.1. The van der Waals surface area contributed by atoms with Gasteiger partial charge in [-0.2, -0.15) is 0 Å². The average Bonchev–Trinajstić information content (AvgIpc) is 3.40. The van der Waals surface area contributed by atoms with Crippen LogP contribution in [0.4, 0.5) is 5.69 Å². The number of ether oxygens (including phenoxy) is 1. The Hall–Kier alpha value is -2.38. The highest BCUT2D eigenvalue weighted by molar-refractivity contribution is 6.30. The van der Waals surface area contributed by atoms with Crippen molar-refractivity contribution in [2.24, 2.45) is 11.8 Å². The number of likely N-dealkylation sites (tertiary alicyclic amines) is 1. The maximum atomic E-state index is 13.7. The van der Waals surface area contributed by atoms with E-state index in [4.69, 9.17) is 16.3 Å². The molecular formula is C25H28ClN3O4. The molecule has 4 fully saturated rings. The fourth-order valence-electron chi connectivity index (χ4n) is 6.24. The molecule has 5 aliphatic rings. The first-order valence-electron chi connectivity index (χ1n) is 12.0. The van der Waals surface area contributed by atoms with Crippen LogP contribution < -0.4 is 10.6 Å². The summed E-state index contributed by atoms with van der Waals surface area (Å²) in [5.41, 5.74) is -0.466. The number of fused-ring (bicyclic) bond motifs is 1. The van der Waals surface area contributed by atoms with Gasteiger partial charge in [0, 0.05) is 22.8 Å². The number of amides is 3. The number of carbonyl (C=O) groups excluding carboxylic acids is 3. The zero-order chi connectivity index (χ0) is 22.7. The van der Waals surface area contributed by atoms with Crippen molar-refractivity contribution in [1.29, 1.82) is 0 Å². The van der Waals surface area contributed by atoms with Gasteiger partial charge in [0.1, 0.15) is 11.6 Å². The predicted octanol–water partition coefficient (Wildman–Crippen LogP) is 3.04. The summed E-state index contributed by atoms with van der Waals surface area (Å²) >= 11 is 5.96. The highest BCUT2D eigenvalue weighted by Gasteiger charge is 2.74. The van der Waals surface area contributed by atoms with Gasteiger partial charge in [-0.1, -0.05) is 43.0 Å². The smallest absolute Gasteiger partial charge is 0.246 e. The number of anilines is 1. The van der Waals surface area contributed by atoms with Gasteiger partial charge in [0.05, 0.1) is 17.9 Å². The SMILES string of the molecule is O=C(Nc1ccc(Cl)cc1)[C@@H]1[C@H]2C=C[C@]3(O2)[C@H](C(=O)NC2CCCCC2)N(C2CC2)C(=O)[C@@H]13. The maximum Gasteiger partial charge on any atom is 0.246 e. The van der Waals surface area contributed by atoms with E-state index in [0.29, 0.717) is 10.7 Å². The molecule has 2 bridgehead atoms. The summed E-state index contributed by atoms with van der Waals surface area (Å²) in [5, 5.41) is 6.71. The fourth-order valence-corrected chi connectivity index (χ4v) is 6.36. The summed E-state index contributed by atoms with van der Waals surface area (Å²) in [6.07, 6.45) is 10.3. The Morgan fingerprint density at radius 2 is 1.76 bits per heavy atom. The van der Waals surface area contributed by atoms with Crippen molar-refractivity contribution in [1.82, 2.24) is 10.2 Å². The summed E-state index contributed by atoms with van der Waals surface area (Å²) in [6.45, 7) is 0. The lowest BCUT2D eigenvalue weighted by molar-refractivity contribution is -0.142.